The van der Waals surface area contributed by atoms with Crippen molar-refractivity contribution >= 4 is 16.5 Å². The van der Waals surface area contributed by atoms with Crippen molar-refractivity contribution in [3.63, 3.8) is 0 Å². The molecule has 3 rings (SSSR count). The second-order valence-electron chi connectivity index (χ2n) is 4.81. The molecule has 1 saturated heterocycles. The number of thiazole rings is 1. The highest BCUT2D eigenvalue weighted by Crippen LogP contribution is 2.37. The van der Waals surface area contributed by atoms with Crippen molar-refractivity contribution in [3.05, 3.63) is 11.6 Å². The molecule has 1 aliphatic heterocycles. The monoisotopic (exact) mass is 223 g/mol. The molecule has 82 valence electrons. The standard InChI is InChI=1S/C11H17N3S/c12-10-2-1-8-6-14(7-9(8)5-10)11-13-3-4-15-11/h3-4,8-10H,1-2,5-7,12H2/t8-,9+,10?/m1/s1. The Bertz CT molecular complexity index is 325. The molecule has 2 aliphatic rings. The number of fused-ring (bicyclic) bond motifs is 1. The van der Waals surface area contributed by atoms with Gasteiger partial charge in [0.05, 0.1) is 0 Å². The maximum absolute atomic E-state index is 6.02. The van der Waals surface area contributed by atoms with Gasteiger partial charge in [0, 0.05) is 30.7 Å². The SMILES string of the molecule is NC1CC[C@@H]2CN(c3nccs3)C[C@@H]2C1. The Hall–Kier alpha value is -0.610. The summed E-state index contributed by atoms with van der Waals surface area (Å²) in [5, 5.41) is 3.25. The average Bonchev–Trinajstić information content (AvgIpc) is 2.84. The van der Waals surface area contributed by atoms with Gasteiger partial charge in [-0.25, -0.2) is 4.98 Å². The summed E-state index contributed by atoms with van der Waals surface area (Å²) in [4.78, 5) is 6.83. The Balaban J connectivity index is 1.72. The van der Waals surface area contributed by atoms with Crippen LogP contribution in [0.5, 0.6) is 0 Å². The number of anilines is 1. The smallest absolute Gasteiger partial charge is 0.185 e. The van der Waals surface area contributed by atoms with E-state index in [4.69, 9.17) is 5.73 Å². The van der Waals surface area contributed by atoms with E-state index in [1.54, 1.807) is 11.3 Å². The number of hydrogen-bond acceptors (Lipinski definition) is 4. The van der Waals surface area contributed by atoms with Gasteiger partial charge >= 0.3 is 0 Å². The van der Waals surface area contributed by atoms with E-state index in [-0.39, 0.29) is 0 Å². The van der Waals surface area contributed by atoms with Crippen LogP contribution >= 0.6 is 11.3 Å². The maximum Gasteiger partial charge on any atom is 0.185 e. The van der Waals surface area contributed by atoms with Crippen molar-refractivity contribution in [2.75, 3.05) is 18.0 Å². The fourth-order valence-corrected chi connectivity index (χ4v) is 3.66. The zero-order chi connectivity index (χ0) is 10.3. The molecule has 3 atom stereocenters. The van der Waals surface area contributed by atoms with E-state index >= 15 is 0 Å². The normalized spacial score (nSPS) is 35.5. The predicted molar refractivity (Wildman–Crippen MR) is 63.1 cm³/mol. The molecular formula is C11H17N3S. The van der Waals surface area contributed by atoms with E-state index in [1.807, 2.05) is 6.20 Å². The van der Waals surface area contributed by atoms with E-state index in [1.165, 1.54) is 37.5 Å². The molecule has 2 fully saturated rings. The minimum Gasteiger partial charge on any atom is -0.348 e. The molecule has 1 unspecified atom stereocenters. The van der Waals surface area contributed by atoms with Crippen LogP contribution in [0, 0.1) is 11.8 Å². The highest BCUT2D eigenvalue weighted by Gasteiger charge is 2.37. The molecule has 4 heteroatoms. The van der Waals surface area contributed by atoms with Crippen LogP contribution in [-0.4, -0.2) is 24.1 Å². The Labute approximate surface area is 94.3 Å². The molecule has 0 aromatic carbocycles. The molecule has 15 heavy (non-hydrogen) atoms. The molecule has 2 N–H and O–H groups in total. The van der Waals surface area contributed by atoms with Crippen LogP contribution in [0.25, 0.3) is 0 Å². The Morgan fingerprint density at radius 1 is 1.33 bits per heavy atom. The molecule has 0 radical (unpaired) electrons. The van der Waals surface area contributed by atoms with Gasteiger partial charge in [-0.05, 0) is 31.1 Å². The first-order chi connectivity index (χ1) is 7.33. The summed E-state index contributed by atoms with van der Waals surface area (Å²) in [5.41, 5.74) is 6.02. The van der Waals surface area contributed by atoms with E-state index < -0.39 is 0 Å². The van der Waals surface area contributed by atoms with Crippen molar-refractivity contribution in [2.45, 2.75) is 25.3 Å². The number of nitrogens with two attached hydrogens (primary N) is 1. The fraction of sp³-hybridized carbons (Fsp3) is 0.727. The van der Waals surface area contributed by atoms with Crippen LogP contribution < -0.4 is 10.6 Å². The van der Waals surface area contributed by atoms with Crippen LogP contribution in [0.1, 0.15) is 19.3 Å². The maximum atomic E-state index is 6.02. The summed E-state index contributed by atoms with van der Waals surface area (Å²) in [5.74, 6) is 1.69. The largest absolute Gasteiger partial charge is 0.348 e. The zero-order valence-corrected chi connectivity index (χ0v) is 9.62. The number of nitrogens with zero attached hydrogens (tertiary/aromatic N) is 2. The predicted octanol–water partition coefficient (Wildman–Crippen LogP) is 1.71. The Morgan fingerprint density at radius 3 is 3.00 bits per heavy atom. The van der Waals surface area contributed by atoms with Crippen LogP contribution in [0.2, 0.25) is 0 Å². The number of aromatic nitrogens is 1. The topological polar surface area (TPSA) is 42.1 Å². The minimum absolute atomic E-state index is 0.447. The van der Waals surface area contributed by atoms with Crippen LogP contribution in [0.15, 0.2) is 11.6 Å². The van der Waals surface area contributed by atoms with Crippen molar-refractivity contribution in [2.24, 2.45) is 17.6 Å². The highest BCUT2D eigenvalue weighted by atomic mass is 32.1. The summed E-state index contributed by atoms with van der Waals surface area (Å²) < 4.78 is 0. The number of rotatable bonds is 1. The van der Waals surface area contributed by atoms with Gasteiger partial charge in [0.15, 0.2) is 5.13 Å². The van der Waals surface area contributed by atoms with Crippen molar-refractivity contribution < 1.29 is 0 Å². The number of hydrogen-bond donors (Lipinski definition) is 1. The summed E-state index contributed by atoms with van der Waals surface area (Å²) in [6, 6.07) is 0.447. The fourth-order valence-electron chi connectivity index (χ4n) is 3.00. The van der Waals surface area contributed by atoms with Gasteiger partial charge in [0.25, 0.3) is 0 Å². The molecule has 1 saturated carbocycles. The molecule has 3 nitrogen and oxygen atoms in total. The van der Waals surface area contributed by atoms with Gasteiger partial charge in [-0.2, -0.15) is 0 Å². The summed E-state index contributed by atoms with van der Waals surface area (Å²) in [6.45, 7) is 2.37. The third-order valence-corrected chi connectivity index (χ3v) is 4.61. The first-order valence-corrected chi connectivity index (χ1v) is 6.61. The van der Waals surface area contributed by atoms with Crippen molar-refractivity contribution in [3.8, 4) is 0 Å². The van der Waals surface area contributed by atoms with Crippen LogP contribution in [-0.2, 0) is 0 Å². The molecular weight excluding hydrogens is 206 g/mol. The van der Waals surface area contributed by atoms with E-state index in [2.05, 4.69) is 15.3 Å². The van der Waals surface area contributed by atoms with Gasteiger partial charge in [0.1, 0.15) is 0 Å². The minimum atomic E-state index is 0.447. The van der Waals surface area contributed by atoms with E-state index in [0.717, 1.165) is 11.8 Å². The lowest BCUT2D eigenvalue weighted by molar-refractivity contribution is 0.271. The molecule has 1 aromatic rings. The first-order valence-electron chi connectivity index (χ1n) is 5.73. The van der Waals surface area contributed by atoms with Gasteiger partial charge in [-0.3, -0.25) is 0 Å². The second-order valence-corrected chi connectivity index (χ2v) is 5.69. The van der Waals surface area contributed by atoms with Gasteiger partial charge < -0.3 is 10.6 Å². The molecule has 0 bridgehead atoms. The van der Waals surface area contributed by atoms with Crippen molar-refractivity contribution in [1.82, 2.24) is 4.98 Å². The molecule has 2 heterocycles. The Kier molecular flexibility index (Phi) is 2.41. The van der Waals surface area contributed by atoms with Crippen LogP contribution in [0.3, 0.4) is 0 Å². The highest BCUT2D eigenvalue weighted by molar-refractivity contribution is 7.13. The molecule has 0 amide bonds. The lowest BCUT2D eigenvalue weighted by Crippen LogP contribution is -2.32. The van der Waals surface area contributed by atoms with Crippen LogP contribution in [0.4, 0.5) is 5.13 Å². The van der Waals surface area contributed by atoms with Gasteiger partial charge in [0.2, 0.25) is 0 Å². The first kappa shape index (κ1) is 9.60. The van der Waals surface area contributed by atoms with E-state index in [0.29, 0.717) is 6.04 Å². The summed E-state index contributed by atoms with van der Waals surface area (Å²) in [7, 11) is 0. The third-order valence-electron chi connectivity index (χ3n) is 3.78. The lowest BCUT2D eigenvalue weighted by Gasteiger charge is -2.27. The van der Waals surface area contributed by atoms with Gasteiger partial charge in [-0.1, -0.05) is 0 Å². The van der Waals surface area contributed by atoms with Gasteiger partial charge in [-0.15, -0.1) is 11.3 Å². The molecule has 1 aliphatic carbocycles. The molecule has 0 spiro atoms. The quantitative estimate of drug-likeness (QED) is 0.788. The lowest BCUT2D eigenvalue weighted by atomic mass is 9.79. The van der Waals surface area contributed by atoms with E-state index in [9.17, 15) is 0 Å². The zero-order valence-electron chi connectivity index (χ0n) is 8.80. The summed E-state index contributed by atoms with van der Waals surface area (Å²) in [6.07, 6.45) is 5.64. The molecule has 1 aromatic heterocycles. The third kappa shape index (κ3) is 1.76. The second kappa shape index (κ2) is 3.76. The van der Waals surface area contributed by atoms with Crippen molar-refractivity contribution in [1.29, 1.82) is 0 Å². The Morgan fingerprint density at radius 2 is 2.20 bits per heavy atom. The summed E-state index contributed by atoms with van der Waals surface area (Å²) >= 11 is 1.75. The average molecular weight is 223 g/mol.